The zero-order chi connectivity index (χ0) is 18.1. The molecule has 25 heavy (non-hydrogen) atoms. The molecule has 2 aromatic rings. The van der Waals surface area contributed by atoms with Crippen molar-refractivity contribution in [2.24, 2.45) is 0 Å². The van der Waals surface area contributed by atoms with Crippen molar-refractivity contribution in [3.05, 3.63) is 47.0 Å². The number of ketones is 1. The zero-order valence-corrected chi connectivity index (χ0v) is 13.1. The van der Waals surface area contributed by atoms with Crippen LogP contribution in [0.1, 0.15) is 22.8 Å². The molecule has 3 rings (SSSR count). The van der Waals surface area contributed by atoms with Crippen LogP contribution >= 0.6 is 0 Å². The van der Waals surface area contributed by atoms with E-state index in [0.29, 0.717) is 5.56 Å². The van der Waals surface area contributed by atoms with Crippen LogP contribution in [0, 0.1) is 0 Å². The van der Waals surface area contributed by atoms with Crippen LogP contribution in [0.25, 0.3) is 6.08 Å². The summed E-state index contributed by atoms with van der Waals surface area (Å²) in [5.41, 5.74) is 0.781. The molecule has 128 valence electrons. The van der Waals surface area contributed by atoms with Gasteiger partial charge in [-0.1, -0.05) is 6.07 Å². The first kappa shape index (κ1) is 16.4. The van der Waals surface area contributed by atoms with Gasteiger partial charge >= 0.3 is 5.97 Å². The summed E-state index contributed by atoms with van der Waals surface area (Å²) in [7, 11) is 0. The number of rotatable bonds is 2. The highest BCUT2D eigenvalue weighted by molar-refractivity contribution is 6.16. The molecular formula is C18H14O7. The number of ether oxygens (including phenoxy) is 2. The maximum atomic E-state index is 12.8. The topological polar surface area (TPSA) is 113 Å². The minimum Gasteiger partial charge on any atom is -0.508 e. The molecule has 0 saturated heterocycles. The summed E-state index contributed by atoms with van der Waals surface area (Å²) in [4.78, 5) is 24.0. The number of esters is 1. The Balaban J connectivity index is 2.04. The van der Waals surface area contributed by atoms with E-state index in [4.69, 9.17) is 9.47 Å². The lowest BCUT2D eigenvalue weighted by atomic mass is 9.97. The molecule has 7 heteroatoms. The molecule has 1 heterocycles. The summed E-state index contributed by atoms with van der Waals surface area (Å²) in [6.45, 7) is 1.12. The minimum atomic E-state index is -0.639. The van der Waals surface area contributed by atoms with E-state index in [1.54, 1.807) is 0 Å². The SMILES string of the molecule is CC(=O)Oc1cc(O)cc2c1C(=O)C(=Cc1ccc(O)c(O)c1)CO2. The van der Waals surface area contributed by atoms with Gasteiger partial charge in [0, 0.05) is 24.6 Å². The third kappa shape index (κ3) is 3.25. The van der Waals surface area contributed by atoms with E-state index in [-0.39, 0.29) is 46.5 Å². The van der Waals surface area contributed by atoms with Crippen molar-refractivity contribution in [1.29, 1.82) is 0 Å². The fourth-order valence-electron chi connectivity index (χ4n) is 2.47. The number of Topliss-reactive ketones (excluding diaryl/α,β-unsaturated/α-hetero) is 1. The van der Waals surface area contributed by atoms with Crippen LogP contribution in [0.2, 0.25) is 0 Å². The quantitative estimate of drug-likeness (QED) is 0.332. The third-order valence-corrected chi connectivity index (χ3v) is 3.55. The highest BCUT2D eigenvalue weighted by atomic mass is 16.5. The lowest BCUT2D eigenvalue weighted by Crippen LogP contribution is -2.20. The Morgan fingerprint density at radius 2 is 1.92 bits per heavy atom. The van der Waals surface area contributed by atoms with Gasteiger partial charge in [-0.2, -0.15) is 0 Å². The highest BCUT2D eigenvalue weighted by Gasteiger charge is 2.29. The van der Waals surface area contributed by atoms with Crippen LogP contribution < -0.4 is 9.47 Å². The first-order chi connectivity index (χ1) is 11.8. The molecule has 0 bridgehead atoms. The van der Waals surface area contributed by atoms with Crippen molar-refractivity contribution in [2.45, 2.75) is 6.92 Å². The molecule has 0 unspecified atom stereocenters. The van der Waals surface area contributed by atoms with Gasteiger partial charge in [0.15, 0.2) is 17.3 Å². The smallest absolute Gasteiger partial charge is 0.308 e. The minimum absolute atomic E-state index is 0.0356. The summed E-state index contributed by atoms with van der Waals surface area (Å²) in [6.07, 6.45) is 1.49. The first-order valence-corrected chi connectivity index (χ1v) is 7.30. The summed E-state index contributed by atoms with van der Waals surface area (Å²) in [5.74, 6) is -1.82. The van der Waals surface area contributed by atoms with Crippen LogP contribution in [0.15, 0.2) is 35.9 Å². The summed E-state index contributed by atoms with van der Waals surface area (Å²) < 4.78 is 10.5. The van der Waals surface area contributed by atoms with Gasteiger partial charge in [0.2, 0.25) is 0 Å². The number of carbonyl (C=O) groups is 2. The maximum Gasteiger partial charge on any atom is 0.308 e. The molecule has 1 aliphatic rings. The van der Waals surface area contributed by atoms with Gasteiger partial charge in [-0.05, 0) is 23.8 Å². The molecule has 3 N–H and O–H groups in total. The van der Waals surface area contributed by atoms with Crippen LogP contribution in [0.5, 0.6) is 28.7 Å². The van der Waals surface area contributed by atoms with E-state index in [1.165, 1.54) is 37.3 Å². The molecule has 7 nitrogen and oxygen atoms in total. The molecule has 0 saturated carbocycles. The lowest BCUT2D eigenvalue weighted by molar-refractivity contribution is -0.131. The summed E-state index contributed by atoms with van der Waals surface area (Å²) >= 11 is 0. The van der Waals surface area contributed by atoms with Gasteiger partial charge in [0.1, 0.15) is 29.4 Å². The van der Waals surface area contributed by atoms with Gasteiger partial charge < -0.3 is 24.8 Å². The molecule has 2 aromatic carbocycles. The van der Waals surface area contributed by atoms with Gasteiger partial charge in [0.05, 0.1) is 0 Å². The number of fused-ring (bicyclic) bond motifs is 1. The number of aromatic hydroxyl groups is 3. The molecule has 1 aliphatic heterocycles. The molecule has 0 radical (unpaired) electrons. The average molecular weight is 342 g/mol. The van der Waals surface area contributed by atoms with Crippen molar-refractivity contribution < 1.29 is 34.4 Å². The van der Waals surface area contributed by atoms with Crippen molar-refractivity contribution in [3.8, 4) is 28.7 Å². The predicted molar refractivity (Wildman–Crippen MR) is 87.0 cm³/mol. The Kier molecular flexibility index (Phi) is 4.06. The van der Waals surface area contributed by atoms with E-state index in [1.807, 2.05) is 0 Å². The van der Waals surface area contributed by atoms with Gasteiger partial charge in [-0.25, -0.2) is 0 Å². The van der Waals surface area contributed by atoms with Crippen LogP contribution in [-0.4, -0.2) is 33.7 Å². The molecule has 0 fully saturated rings. The Bertz CT molecular complexity index is 912. The maximum absolute atomic E-state index is 12.8. The van der Waals surface area contributed by atoms with Crippen molar-refractivity contribution in [3.63, 3.8) is 0 Å². The van der Waals surface area contributed by atoms with E-state index >= 15 is 0 Å². The monoisotopic (exact) mass is 342 g/mol. The lowest BCUT2D eigenvalue weighted by Gasteiger charge is -2.21. The van der Waals surface area contributed by atoms with E-state index in [9.17, 15) is 24.9 Å². The molecule has 0 spiro atoms. The Hall–Kier alpha value is -3.48. The highest BCUT2D eigenvalue weighted by Crippen LogP contribution is 2.39. The molecule has 0 amide bonds. The van der Waals surface area contributed by atoms with Crippen LogP contribution in [-0.2, 0) is 4.79 Å². The van der Waals surface area contributed by atoms with Gasteiger partial charge in [0.25, 0.3) is 0 Å². The van der Waals surface area contributed by atoms with Crippen LogP contribution in [0.3, 0.4) is 0 Å². The van der Waals surface area contributed by atoms with E-state index in [2.05, 4.69) is 0 Å². The van der Waals surface area contributed by atoms with E-state index < -0.39 is 11.8 Å². The number of benzene rings is 2. The second kappa shape index (κ2) is 6.20. The summed E-state index contributed by atoms with van der Waals surface area (Å²) in [5, 5.41) is 28.6. The Morgan fingerprint density at radius 3 is 2.60 bits per heavy atom. The zero-order valence-electron chi connectivity index (χ0n) is 13.1. The number of phenolic OH excluding ortho intramolecular Hbond substituents is 3. The fourth-order valence-corrected chi connectivity index (χ4v) is 2.47. The average Bonchev–Trinajstić information content (AvgIpc) is 2.52. The third-order valence-electron chi connectivity index (χ3n) is 3.55. The van der Waals surface area contributed by atoms with E-state index in [0.717, 1.165) is 6.07 Å². The van der Waals surface area contributed by atoms with Crippen molar-refractivity contribution in [1.82, 2.24) is 0 Å². The first-order valence-electron chi connectivity index (χ1n) is 7.30. The number of hydrogen-bond donors (Lipinski definition) is 3. The molecule has 0 aliphatic carbocycles. The number of phenols is 3. The van der Waals surface area contributed by atoms with Crippen molar-refractivity contribution in [2.75, 3.05) is 6.61 Å². The van der Waals surface area contributed by atoms with Crippen molar-refractivity contribution >= 4 is 17.8 Å². The normalized spacial score (nSPS) is 14.8. The Labute approximate surface area is 142 Å². The number of carbonyl (C=O) groups excluding carboxylic acids is 2. The van der Waals surface area contributed by atoms with Gasteiger partial charge in [-0.15, -0.1) is 0 Å². The van der Waals surface area contributed by atoms with Gasteiger partial charge in [-0.3, -0.25) is 9.59 Å². The number of hydrogen-bond acceptors (Lipinski definition) is 7. The largest absolute Gasteiger partial charge is 0.508 e. The van der Waals surface area contributed by atoms with Crippen LogP contribution in [0.4, 0.5) is 0 Å². The second-order valence-corrected chi connectivity index (χ2v) is 5.45. The predicted octanol–water partition coefficient (Wildman–Crippen LogP) is 2.39. The Morgan fingerprint density at radius 1 is 1.16 bits per heavy atom. The second-order valence-electron chi connectivity index (χ2n) is 5.45. The molecule has 0 atom stereocenters. The summed E-state index contributed by atoms with van der Waals surface area (Å²) in [6, 6.07) is 6.55. The molecule has 0 aromatic heterocycles. The molecular weight excluding hydrogens is 328 g/mol. The standard InChI is InChI=1S/C18H14O7/c1-9(19)25-16-7-12(20)6-15-17(16)18(23)11(8-24-15)4-10-2-3-13(21)14(22)5-10/h2-7,20-22H,8H2,1H3. The fraction of sp³-hybridized carbons (Fsp3) is 0.111.